The minimum absolute atomic E-state index is 0.0277. The van der Waals surface area contributed by atoms with Gasteiger partial charge in [-0.15, -0.1) is 0 Å². The van der Waals surface area contributed by atoms with Crippen molar-refractivity contribution in [3.05, 3.63) is 17.8 Å². The van der Waals surface area contributed by atoms with Gasteiger partial charge in [0, 0.05) is 12.1 Å². The highest BCUT2D eigenvalue weighted by Gasteiger charge is 2.20. The second kappa shape index (κ2) is 5.71. The summed E-state index contributed by atoms with van der Waals surface area (Å²) in [6.45, 7) is 0. The van der Waals surface area contributed by atoms with Gasteiger partial charge in [0.1, 0.15) is 5.75 Å². The standard InChI is InChI=1S/C13H18N2O3/c1-18-11-8-7-10(16)12(15-11)13(17)14-9-5-3-2-4-6-9/h7-9,16H,2-6H2,1H3,(H,14,17). The summed E-state index contributed by atoms with van der Waals surface area (Å²) in [7, 11) is 1.47. The van der Waals surface area contributed by atoms with Crippen molar-refractivity contribution in [3.8, 4) is 11.6 Å². The molecule has 1 aliphatic carbocycles. The van der Waals surface area contributed by atoms with E-state index >= 15 is 0 Å². The fourth-order valence-corrected chi connectivity index (χ4v) is 2.22. The first-order valence-electron chi connectivity index (χ1n) is 6.25. The Labute approximate surface area is 106 Å². The summed E-state index contributed by atoms with van der Waals surface area (Å²) in [5.41, 5.74) is 0.0277. The minimum Gasteiger partial charge on any atom is -0.505 e. The van der Waals surface area contributed by atoms with Gasteiger partial charge in [-0.3, -0.25) is 4.79 Å². The molecule has 98 valence electrons. The molecule has 2 rings (SSSR count). The highest BCUT2D eigenvalue weighted by Crippen LogP contribution is 2.21. The number of methoxy groups -OCH3 is 1. The van der Waals surface area contributed by atoms with E-state index in [2.05, 4.69) is 10.3 Å². The molecule has 0 saturated heterocycles. The van der Waals surface area contributed by atoms with E-state index in [0.29, 0.717) is 5.88 Å². The molecular formula is C13H18N2O3. The third-order valence-electron chi connectivity index (χ3n) is 3.21. The van der Waals surface area contributed by atoms with E-state index < -0.39 is 0 Å². The third kappa shape index (κ3) is 2.91. The summed E-state index contributed by atoms with van der Waals surface area (Å²) >= 11 is 0. The van der Waals surface area contributed by atoms with E-state index in [9.17, 15) is 9.90 Å². The van der Waals surface area contributed by atoms with Crippen molar-refractivity contribution in [1.29, 1.82) is 0 Å². The van der Waals surface area contributed by atoms with E-state index in [1.54, 1.807) is 0 Å². The molecule has 0 aliphatic heterocycles. The molecule has 1 heterocycles. The Balaban J connectivity index is 2.07. The lowest BCUT2D eigenvalue weighted by Gasteiger charge is -2.22. The fraction of sp³-hybridized carbons (Fsp3) is 0.538. The van der Waals surface area contributed by atoms with E-state index in [4.69, 9.17) is 4.74 Å². The zero-order valence-electron chi connectivity index (χ0n) is 10.5. The molecule has 1 amide bonds. The Morgan fingerprint density at radius 2 is 2.11 bits per heavy atom. The average molecular weight is 250 g/mol. The van der Waals surface area contributed by atoms with Gasteiger partial charge in [0.2, 0.25) is 5.88 Å². The monoisotopic (exact) mass is 250 g/mol. The molecule has 0 unspecified atom stereocenters. The summed E-state index contributed by atoms with van der Waals surface area (Å²) in [6.07, 6.45) is 5.51. The van der Waals surface area contributed by atoms with Gasteiger partial charge < -0.3 is 15.2 Å². The number of aromatic hydroxyl groups is 1. The molecule has 2 N–H and O–H groups in total. The molecule has 1 aromatic heterocycles. The van der Waals surface area contributed by atoms with Crippen LogP contribution in [0.1, 0.15) is 42.6 Å². The highest BCUT2D eigenvalue weighted by molar-refractivity contribution is 5.95. The Kier molecular flexibility index (Phi) is 4.02. The molecule has 0 aromatic carbocycles. The largest absolute Gasteiger partial charge is 0.505 e. The van der Waals surface area contributed by atoms with Gasteiger partial charge in [-0.2, -0.15) is 0 Å². The van der Waals surface area contributed by atoms with Crippen LogP contribution in [0.4, 0.5) is 0 Å². The van der Waals surface area contributed by atoms with Crippen molar-refractivity contribution in [2.24, 2.45) is 0 Å². The van der Waals surface area contributed by atoms with Gasteiger partial charge in [-0.25, -0.2) is 4.98 Å². The van der Waals surface area contributed by atoms with Crippen molar-refractivity contribution in [2.45, 2.75) is 38.1 Å². The van der Waals surface area contributed by atoms with Crippen molar-refractivity contribution < 1.29 is 14.6 Å². The van der Waals surface area contributed by atoms with Crippen molar-refractivity contribution in [3.63, 3.8) is 0 Å². The van der Waals surface area contributed by atoms with Crippen LogP contribution in [0.25, 0.3) is 0 Å². The molecule has 5 heteroatoms. The first-order valence-corrected chi connectivity index (χ1v) is 6.25. The summed E-state index contributed by atoms with van der Waals surface area (Å²) < 4.78 is 4.95. The Morgan fingerprint density at radius 1 is 1.39 bits per heavy atom. The normalized spacial score (nSPS) is 16.3. The molecule has 18 heavy (non-hydrogen) atoms. The number of hydrogen-bond acceptors (Lipinski definition) is 4. The van der Waals surface area contributed by atoms with E-state index in [0.717, 1.165) is 25.7 Å². The van der Waals surface area contributed by atoms with Gasteiger partial charge in [-0.1, -0.05) is 19.3 Å². The van der Waals surface area contributed by atoms with Crippen LogP contribution in [0.15, 0.2) is 12.1 Å². The van der Waals surface area contributed by atoms with Gasteiger partial charge in [-0.05, 0) is 18.9 Å². The lowest BCUT2D eigenvalue weighted by atomic mass is 9.95. The molecule has 1 saturated carbocycles. The second-order valence-electron chi connectivity index (χ2n) is 4.53. The highest BCUT2D eigenvalue weighted by atomic mass is 16.5. The first kappa shape index (κ1) is 12.7. The summed E-state index contributed by atoms with van der Waals surface area (Å²) in [5, 5.41) is 12.6. The van der Waals surface area contributed by atoms with Crippen LogP contribution in [0, 0.1) is 0 Å². The molecule has 0 bridgehead atoms. The fourth-order valence-electron chi connectivity index (χ4n) is 2.22. The van der Waals surface area contributed by atoms with Gasteiger partial charge >= 0.3 is 0 Å². The number of nitrogens with zero attached hydrogens (tertiary/aromatic N) is 1. The van der Waals surface area contributed by atoms with E-state index in [-0.39, 0.29) is 23.4 Å². The topological polar surface area (TPSA) is 71.5 Å². The lowest BCUT2D eigenvalue weighted by Crippen LogP contribution is -2.36. The zero-order valence-corrected chi connectivity index (χ0v) is 10.5. The average Bonchev–Trinajstić information content (AvgIpc) is 2.40. The van der Waals surface area contributed by atoms with Crippen LogP contribution in [-0.4, -0.2) is 29.1 Å². The smallest absolute Gasteiger partial charge is 0.274 e. The number of pyridine rings is 1. The molecule has 1 aliphatic rings. The van der Waals surface area contributed by atoms with Gasteiger partial charge in [0.05, 0.1) is 7.11 Å². The molecule has 5 nitrogen and oxygen atoms in total. The number of carbonyl (C=O) groups is 1. The number of nitrogens with one attached hydrogen (secondary N) is 1. The van der Waals surface area contributed by atoms with Gasteiger partial charge in [0.25, 0.3) is 5.91 Å². The Morgan fingerprint density at radius 3 is 2.78 bits per heavy atom. The van der Waals surface area contributed by atoms with E-state index in [1.165, 1.54) is 25.7 Å². The van der Waals surface area contributed by atoms with Crippen LogP contribution >= 0.6 is 0 Å². The lowest BCUT2D eigenvalue weighted by molar-refractivity contribution is 0.0918. The quantitative estimate of drug-likeness (QED) is 0.859. The number of carbonyl (C=O) groups excluding carboxylic acids is 1. The Hall–Kier alpha value is -1.78. The molecular weight excluding hydrogens is 232 g/mol. The van der Waals surface area contributed by atoms with Gasteiger partial charge in [0.15, 0.2) is 5.69 Å². The maximum Gasteiger partial charge on any atom is 0.274 e. The molecule has 0 atom stereocenters. The Bertz CT molecular complexity index is 428. The number of ether oxygens (including phenoxy) is 1. The van der Waals surface area contributed by atoms with Crippen LogP contribution < -0.4 is 10.1 Å². The predicted molar refractivity (Wildman–Crippen MR) is 66.8 cm³/mol. The minimum atomic E-state index is -0.335. The first-order chi connectivity index (χ1) is 8.70. The van der Waals surface area contributed by atoms with Crippen molar-refractivity contribution in [1.82, 2.24) is 10.3 Å². The van der Waals surface area contributed by atoms with Crippen molar-refractivity contribution in [2.75, 3.05) is 7.11 Å². The maximum atomic E-state index is 12.0. The number of amides is 1. The summed E-state index contributed by atoms with van der Waals surface area (Å²) in [6, 6.07) is 3.13. The third-order valence-corrected chi connectivity index (χ3v) is 3.21. The number of aromatic nitrogens is 1. The molecule has 0 spiro atoms. The number of hydrogen-bond donors (Lipinski definition) is 2. The zero-order chi connectivity index (χ0) is 13.0. The van der Waals surface area contributed by atoms with E-state index in [1.807, 2.05) is 0 Å². The van der Waals surface area contributed by atoms with Crippen LogP contribution in [0.2, 0.25) is 0 Å². The summed E-state index contributed by atoms with van der Waals surface area (Å²) in [4.78, 5) is 16.0. The predicted octanol–water partition coefficient (Wildman–Crippen LogP) is 1.86. The molecule has 1 fully saturated rings. The molecule has 0 radical (unpaired) electrons. The van der Waals surface area contributed by atoms with Crippen LogP contribution in [0.3, 0.4) is 0 Å². The summed E-state index contributed by atoms with van der Waals surface area (Å²) in [5.74, 6) is -0.135. The SMILES string of the molecule is COc1ccc(O)c(C(=O)NC2CCCCC2)n1. The van der Waals surface area contributed by atoms with Crippen LogP contribution in [0.5, 0.6) is 11.6 Å². The van der Waals surface area contributed by atoms with Crippen LogP contribution in [-0.2, 0) is 0 Å². The van der Waals surface area contributed by atoms with Crippen molar-refractivity contribution >= 4 is 5.91 Å². The number of rotatable bonds is 3. The maximum absolute atomic E-state index is 12.0. The second-order valence-corrected chi connectivity index (χ2v) is 4.53. The molecule has 1 aromatic rings.